The molecule has 0 heterocycles. The predicted molar refractivity (Wildman–Crippen MR) is 65.5 cm³/mol. The molecule has 3 N–H and O–H groups in total. The maximum atomic E-state index is 12.8. The molecule has 0 aromatic rings. The van der Waals surface area contributed by atoms with Gasteiger partial charge in [-0.05, 0) is 31.7 Å². The Morgan fingerprint density at radius 3 is 2.33 bits per heavy atom. The molecule has 0 spiro atoms. The number of nitrogens with two attached hydrogens (primary N) is 1. The van der Waals surface area contributed by atoms with Crippen molar-refractivity contribution in [2.24, 2.45) is 11.7 Å². The summed E-state index contributed by atoms with van der Waals surface area (Å²) in [6.45, 7) is 0.313. The summed E-state index contributed by atoms with van der Waals surface area (Å²) in [5.74, 6) is -1.01. The second kappa shape index (κ2) is 7.84. The van der Waals surface area contributed by atoms with Crippen LogP contribution in [0.5, 0.6) is 0 Å². The second-order valence-corrected chi connectivity index (χ2v) is 4.52. The fraction of sp³-hybridized carbons (Fsp3) is 0.909. The summed E-state index contributed by atoms with van der Waals surface area (Å²) in [5.41, 5.74) is 5.21. The molecule has 0 saturated heterocycles. The average Bonchev–Trinajstić information content (AvgIpc) is 2.74. The number of carbonyl (C=O) groups excluding carboxylic acids is 1. The highest BCUT2D eigenvalue weighted by atomic mass is 35.5. The zero-order chi connectivity index (χ0) is 12.9. The van der Waals surface area contributed by atoms with Gasteiger partial charge in [-0.1, -0.05) is 12.8 Å². The van der Waals surface area contributed by atoms with E-state index in [9.17, 15) is 18.0 Å². The third-order valence-corrected chi connectivity index (χ3v) is 3.15. The topological polar surface area (TPSA) is 55.1 Å². The fourth-order valence-corrected chi connectivity index (χ4v) is 2.27. The summed E-state index contributed by atoms with van der Waals surface area (Å²) in [5, 5.41) is 2.11. The van der Waals surface area contributed by atoms with E-state index in [0.29, 0.717) is 25.8 Å². The summed E-state index contributed by atoms with van der Waals surface area (Å²) >= 11 is 0. The van der Waals surface area contributed by atoms with Gasteiger partial charge in [-0.3, -0.25) is 4.79 Å². The monoisotopic (exact) mass is 288 g/mol. The van der Waals surface area contributed by atoms with Gasteiger partial charge >= 0.3 is 6.18 Å². The van der Waals surface area contributed by atoms with Gasteiger partial charge in [-0.2, -0.15) is 13.2 Å². The molecule has 3 nitrogen and oxygen atoms in total. The lowest BCUT2D eigenvalue weighted by Crippen LogP contribution is -2.49. The van der Waals surface area contributed by atoms with Crippen LogP contribution in [0.2, 0.25) is 0 Å². The molecule has 1 rings (SSSR count). The number of rotatable bonds is 5. The first-order chi connectivity index (χ1) is 7.95. The van der Waals surface area contributed by atoms with Crippen LogP contribution in [0.1, 0.15) is 38.5 Å². The highest BCUT2D eigenvalue weighted by Gasteiger charge is 2.45. The van der Waals surface area contributed by atoms with Crippen molar-refractivity contribution in [2.45, 2.75) is 50.7 Å². The largest absolute Gasteiger partial charge is 0.408 e. The minimum Gasteiger partial charge on any atom is -0.344 e. The van der Waals surface area contributed by atoms with Gasteiger partial charge in [0, 0.05) is 6.42 Å². The van der Waals surface area contributed by atoms with E-state index in [4.69, 9.17) is 5.73 Å². The summed E-state index contributed by atoms with van der Waals surface area (Å²) in [7, 11) is 0. The minimum atomic E-state index is -4.35. The van der Waals surface area contributed by atoms with Crippen LogP contribution in [0.4, 0.5) is 13.2 Å². The van der Waals surface area contributed by atoms with Gasteiger partial charge in [0.2, 0.25) is 5.91 Å². The predicted octanol–water partition coefficient (Wildman–Crippen LogP) is 2.38. The van der Waals surface area contributed by atoms with Crippen molar-refractivity contribution in [1.82, 2.24) is 5.32 Å². The average molecular weight is 289 g/mol. The zero-order valence-electron chi connectivity index (χ0n) is 10.1. The molecule has 108 valence electrons. The second-order valence-electron chi connectivity index (χ2n) is 4.52. The highest BCUT2D eigenvalue weighted by Crippen LogP contribution is 2.35. The summed E-state index contributed by atoms with van der Waals surface area (Å²) < 4.78 is 38.4. The van der Waals surface area contributed by atoms with E-state index >= 15 is 0 Å². The van der Waals surface area contributed by atoms with Crippen LogP contribution in [0.15, 0.2) is 0 Å². The number of carbonyl (C=O) groups is 1. The lowest BCUT2D eigenvalue weighted by atomic mass is 9.97. The molecule has 0 aromatic heterocycles. The zero-order valence-corrected chi connectivity index (χ0v) is 10.9. The van der Waals surface area contributed by atoms with Crippen molar-refractivity contribution in [2.75, 3.05) is 6.54 Å². The smallest absolute Gasteiger partial charge is 0.344 e. The Hall–Kier alpha value is -0.490. The first-order valence-corrected chi connectivity index (χ1v) is 6.01. The lowest BCUT2D eigenvalue weighted by molar-refractivity contribution is -0.171. The Balaban J connectivity index is 0.00000289. The van der Waals surface area contributed by atoms with Gasteiger partial charge < -0.3 is 11.1 Å². The first-order valence-electron chi connectivity index (χ1n) is 6.01. The molecule has 1 amide bonds. The quantitative estimate of drug-likeness (QED) is 0.816. The van der Waals surface area contributed by atoms with Gasteiger partial charge in [0.25, 0.3) is 0 Å². The number of amides is 1. The van der Waals surface area contributed by atoms with Gasteiger partial charge in [0.1, 0.15) is 6.04 Å². The van der Waals surface area contributed by atoms with Crippen molar-refractivity contribution in [3.05, 3.63) is 0 Å². The SMILES string of the molecule is Cl.NCCCC(=O)NC(C1CCCC1)C(F)(F)F. The number of alkyl halides is 3. The normalized spacial score (nSPS) is 18.2. The number of nitrogens with one attached hydrogen (secondary N) is 1. The standard InChI is InChI=1S/C11H19F3N2O.ClH/c12-11(13,14)10(8-4-1-2-5-8)16-9(17)6-3-7-15;/h8,10H,1-7,15H2,(H,16,17);1H. The molecular weight excluding hydrogens is 269 g/mol. The summed E-state index contributed by atoms with van der Waals surface area (Å²) in [6.07, 6.45) is -1.15. The summed E-state index contributed by atoms with van der Waals surface area (Å²) in [4.78, 5) is 11.3. The molecule has 7 heteroatoms. The van der Waals surface area contributed by atoms with Crippen molar-refractivity contribution in [3.63, 3.8) is 0 Å². The van der Waals surface area contributed by atoms with Crippen LogP contribution in [-0.2, 0) is 4.79 Å². The van der Waals surface area contributed by atoms with E-state index in [2.05, 4.69) is 5.32 Å². The molecule has 1 saturated carbocycles. The first kappa shape index (κ1) is 17.5. The van der Waals surface area contributed by atoms with Gasteiger partial charge in [-0.15, -0.1) is 12.4 Å². The Labute approximate surface area is 111 Å². The van der Waals surface area contributed by atoms with Crippen LogP contribution in [0, 0.1) is 5.92 Å². The molecule has 1 aliphatic rings. The molecule has 1 fully saturated rings. The van der Waals surface area contributed by atoms with E-state index in [1.165, 1.54) is 0 Å². The molecule has 1 unspecified atom stereocenters. The minimum absolute atomic E-state index is 0. The van der Waals surface area contributed by atoms with E-state index in [1.54, 1.807) is 0 Å². The molecule has 0 aliphatic heterocycles. The van der Waals surface area contributed by atoms with E-state index in [1.807, 2.05) is 0 Å². The van der Waals surface area contributed by atoms with E-state index < -0.39 is 24.0 Å². The van der Waals surface area contributed by atoms with Crippen LogP contribution in [0.25, 0.3) is 0 Å². The molecule has 0 bridgehead atoms. The molecule has 1 aliphatic carbocycles. The van der Waals surface area contributed by atoms with Gasteiger partial charge in [-0.25, -0.2) is 0 Å². The van der Waals surface area contributed by atoms with Crippen LogP contribution in [-0.4, -0.2) is 24.7 Å². The van der Waals surface area contributed by atoms with E-state index in [-0.39, 0.29) is 18.8 Å². The third-order valence-electron chi connectivity index (χ3n) is 3.15. The van der Waals surface area contributed by atoms with Gasteiger partial charge in [0.05, 0.1) is 0 Å². The van der Waals surface area contributed by atoms with Gasteiger partial charge in [0.15, 0.2) is 0 Å². The van der Waals surface area contributed by atoms with Crippen molar-refractivity contribution in [1.29, 1.82) is 0 Å². The van der Waals surface area contributed by atoms with Crippen molar-refractivity contribution < 1.29 is 18.0 Å². The molecule has 1 atom stereocenters. The van der Waals surface area contributed by atoms with E-state index in [0.717, 1.165) is 12.8 Å². The third kappa shape index (κ3) is 5.44. The molecule has 0 aromatic carbocycles. The fourth-order valence-electron chi connectivity index (χ4n) is 2.27. The lowest BCUT2D eigenvalue weighted by Gasteiger charge is -2.27. The number of halogens is 4. The molecule has 18 heavy (non-hydrogen) atoms. The van der Waals surface area contributed by atoms with Crippen LogP contribution in [0.3, 0.4) is 0 Å². The maximum absolute atomic E-state index is 12.8. The Bertz CT molecular complexity index is 255. The highest BCUT2D eigenvalue weighted by molar-refractivity contribution is 5.85. The Morgan fingerprint density at radius 1 is 1.33 bits per heavy atom. The molecule has 0 radical (unpaired) electrons. The Kier molecular flexibility index (Phi) is 7.62. The Morgan fingerprint density at radius 2 is 1.89 bits per heavy atom. The summed E-state index contributed by atoms with van der Waals surface area (Å²) in [6, 6.07) is -1.68. The van der Waals surface area contributed by atoms with Crippen molar-refractivity contribution in [3.8, 4) is 0 Å². The maximum Gasteiger partial charge on any atom is 0.408 e. The van der Waals surface area contributed by atoms with Crippen molar-refractivity contribution >= 4 is 18.3 Å². The number of hydrogen-bond acceptors (Lipinski definition) is 2. The molecular formula is C11H20ClF3N2O. The number of hydrogen-bond donors (Lipinski definition) is 2. The van der Waals surface area contributed by atoms with Crippen LogP contribution < -0.4 is 11.1 Å². The van der Waals surface area contributed by atoms with Crippen LogP contribution >= 0.6 is 12.4 Å².